The van der Waals surface area contributed by atoms with E-state index in [1.165, 1.54) is 41.2 Å². The number of benzene rings is 2. The van der Waals surface area contributed by atoms with E-state index in [4.69, 9.17) is 23.8 Å². The number of anilines is 1. The molecule has 0 radical (unpaired) electrons. The third kappa shape index (κ3) is 6.30. The van der Waals surface area contributed by atoms with Crippen molar-refractivity contribution < 1.29 is 9.72 Å². The van der Waals surface area contributed by atoms with Gasteiger partial charge in [-0.1, -0.05) is 48.4 Å². The largest absolute Gasteiger partial charge is 0.308 e. The number of hydrogen-bond acceptors (Lipinski definition) is 6. The van der Waals surface area contributed by atoms with Gasteiger partial charge in [-0.25, -0.2) is 4.98 Å². The van der Waals surface area contributed by atoms with Gasteiger partial charge in [-0.3, -0.25) is 20.2 Å². The van der Waals surface area contributed by atoms with Gasteiger partial charge in [0.25, 0.3) is 5.69 Å². The molecule has 0 aliphatic heterocycles. The zero-order valence-corrected chi connectivity index (χ0v) is 18.9. The molecule has 1 amide bonds. The highest BCUT2D eigenvalue weighted by Gasteiger charge is 2.12. The highest BCUT2D eigenvalue weighted by Crippen LogP contribution is 2.27. The Kier molecular flexibility index (Phi) is 7.67. The number of aromatic nitrogens is 1. The maximum absolute atomic E-state index is 12.1. The molecule has 160 valence electrons. The van der Waals surface area contributed by atoms with E-state index in [-0.39, 0.29) is 15.8 Å². The van der Waals surface area contributed by atoms with E-state index in [2.05, 4.69) is 34.7 Å². The quantitative estimate of drug-likeness (QED) is 0.196. The van der Waals surface area contributed by atoms with Crippen LogP contribution in [0.1, 0.15) is 30.9 Å². The lowest BCUT2D eigenvalue weighted by Gasteiger charge is -2.04. The Hall–Kier alpha value is -2.88. The molecular weight excluding hydrogens is 456 g/mol. The van der Waals surface area contributed by atoms with Gasteiger partial charge in [-0.2, -0.15) is 0 Å². The standard InChI is InChI=1S/C21H19ClN4O3S2/c1-2-3-4-13-6-9-16-18(12-13)31-21(23-16)25-20(30)24-19(27)10-7-14-5-8-15(22)17(11-14)26(28)29/h5-12H,2-4H2,1H3,(H2,23,24,25,27,30). The molecule has 2 aromatic carbocycles. The number of thiazole rings is 1. The molecule has 1 heterocycles. The lowest BCUT2D eigenvalue weighted by atomic mass is 10.1. The highest BCUT2D eigenvalue weighted by molar-refractivity contribution is 7.80. The molecule has 1 aromatic heterocycles. The van der Waals surface area contributed by atoms with Crippen molar-refractivity contribution in [2.45, 2.75) is 26.2 Å². The van der Waals surface area contributed by atoms with Gasteiger partial charge in [0, 0.05) is 12.1 Å². The van der Waals surface area contributed by atoms with Crippen molar-refractivity contribution in [1.82, 2.24) is 10.3 Å². The van der Waals surface area contributed by atoms with E-state index in [0.29, 0.717) is 10.7 Å². The van der Waals surface area contributed by atoms with E-state index < -0.39 is 10.8 Å². The van der Waals surface area contributed by atoms with Gasteiger partial charge in [0.1, 0.15) is 5.02 Å². The molecule has 0 aliphatic rings. The monoisotopic (exact) mass is 474 g/mol. The number of halogens is 1. The molecule has 0 fully saturated rings. The summed E-state index contributed by atoms with van der Waals surface area (Å²) in [6.45, 7) is 2.16. The summed E-state index contributed by atoms with van der Waals surface area (Å²) in [5.74, 6) is -0.474. The fraction of sp³-hybridized carbons (Fsp3) is 0.190. The van der Waals surface area contributed by atoms with Crippen LogP contribution in [0, 0.1) is 10.1 Å². The van der Waals surface area contributed by atoms with Crippen LogP contribution in [0.2, 0.25) is 5.02 Å². The Morgan fingerprint density at radius 2 is 2.13 bits per heavy atom. The molecule has 0 unspecified atom stereocenters. The van der Waals surface area contributed by atoms with Gasteiger partial charge in [0.05, 0.1) is 15.1 Å². The van der Waals surface area contributed by atoms with Crippen LogP contribution in [0.25, 0.3) is 16.3 Å². The third-order valence-corrected chi connectivity index (χ3v) is 5.78. The van der Waals surface area contributed by atoms with Crippen LogP contribution in [0.4, 0.5) is 10.8 Å². The Labute approximate surface area is 193 Å². The number of aryl methyl sites for hydroxylation is 1. The maximum atomic E-state index is 12.1. The Morgan fingerprint density at radius 3 is 2.87 bits per heavy atom. The second-order valence-corrected chi connectivity index (χ2v) is 8.52. The molecular formula is C21H19ClN4O3S2. The van der Waals surface area contributed by atoms with Crippen LogP contribution in [0.5, 0.6) is 0 Å². The van der Waals surface area contributed by atoms with Crippen molar-refractivity contribution in [1.29, 1.82) is 0 Å². The van der Waals surface area contributed by atoms with Gasteiger partial charge in [-0.05, 0) is 60.5 Å². The molecule has 7 nitrogen and oxygen atoms in total. The van der Waals surface area contributed by atoms with Crippen molar-refractivity contribution in [2.24, 2.45) is 0 Å². The predicted octanol–water partition coefficient (Wildman–Crippen LogP) is 5.73. The maximum Gasteiger partial charge on any atom is 0.288 e. The Morgan fingerprint density at radius 1 is 1.32 bits per heavy atom. The molecule has 2 N–H and O–H groups in total. The number of fused-ring (bicyclic) bond motifs is 1. The molecule has 0 aliphatic carbocycles. The number of rotatable bonds is 7. The van der Waals surface area contributed by atoms with Crippen LogP contribution < -0.4 is 10.6 Å². The van der Waals surface area contributed by atoms with E-state index >= 15 is 0 Å². The molecule has 0 bridgehead atoms. The molecule has 3 rings (SSSR count). The van der Waals surface area contributed by atoms with Crippen molar-refractivity contribution in [3.05, 3.63) is 68.7 Å². The lowest BCUT2D eigenvalue weighted by molar-refractivity contribution is -0.384. The number of unbranched alkanes of at least 4 members (excludes halogenated alkanes) is 1. The van der Waals surface area contributed by atoms with E-state index in [1.807, 2.05) is 6.07 Å². The minimum Gasteiger partial charge on any atom is -0.308 e. The zero-order valence-electron chi connectivity index (χ0n) is 16.6. The number of nitro benzene ring substituents is 1. The van der Waals surface area contributed by atoms with Crippen LogP contribution >= 0.6 is 35.2 Å². The first kappa shape index (κ1) is 22.8. The molecule has 0 atom stereocenters. The summed E-state index contributed by atoms with van der Waals surface area (Å²) in [5, 5.41) is 17.1. The van der Waals surface area contributed by atoms with Gasteiger partial charge in [0.2, 0.25) is 5.91 Å². The van der Waals surface area contributed by atoms with E-state index in [0.717, 1.165) is 29.5 Å². The number of carbonyl (C=O) groups excluding carboxylic acids is 1. The summed E-state index contributed by atoms with van der Waals surface area (Å²) >= 11 is 12.4. The van der Waals surface area contributed by atoms with Crippen LogP contribution in [0.15, 0.2) is 42.5 Å². The summed E-state index contributed by atoms with van der Waals surface area (Å²) in [5.41, 5.74) is 2.38. The second-order valence-electron chi connectivity index (χ2n) is 6.67. The molecule has 0 saturated carbocycles. The molecule has 3 aromatic rings. The van der Waals surface area contributed by atoms with Crippen molar-refractivity contribution in [3.8, 4) is 0 Å². The summed E-state index contributed by atoms with van der Waals surface area (Å²) in [7, 11) is 0. The first-order valence-corrected chi connectivity index (χ1v) is 11.1. The third-order valence-electron chi connectivity index (χ3n) is 4.32. The minimum atomic E-state index is -0.580. The van der Waals surface area contributed by atoms with Gasteiger partial charge in [0.15, 0.2) is 10.2 Å². The SMILES string of the molecule is CCCCc1ccc2nc(NC(=S)NC(=O)C=Cc3ccc(Cl)c([N+](=O)[O-])c3)sc2c1. The van der Waals surface area contributed by atoms with Crippen molar-refractivity contribution in [3.63, 3.8) is 0 Å². The summed E-state index contributed by atoms with van der Waals surface area (Å²) in [6, 6.07) is 10.5. The molecule has 0 spiro atoms. The number of hydrogen-bond donors (Lipinski definition) is 2. The summed E-state index contributed by atoms with van der Waals surface area (Å²) in [6.07, 6.45) is 5.99. The number of carbonyl (C=O) groups is 1. The van der Waals surface area contributed by atoms with Crippen LogP contribution in [-0.2, 0) is 11.2 Å². The fourth-order valence-corrected chi connectivity index (χ4v) is 4.17. The topological polar surface area (TPSA) is 97.2 Å². The van der Waals surface area contributed by atoms with Gasteiger partial charge < -0.3 is 5.32 Å². The minimum absolute atomic E-state index is 0.0327. The first-order chi connectivity index (χ1) is 14.9. The van der Waals surface area contributed by atoms with E-state index in [9.17, 15) is 14.9 Å². The average molecular weight is 475 g/mol. The first-order valence-electron chi connectivity index (χ1n) is 9.49. The number of nitrogens with zero attached hydrogens (tertiary/aromatic N) is 2. The Balaban J connectivity index is 1.60. The normalized spacial score (nSPS) is 11.0. The predicted molar refractivity (Wildman–Crippen MR) is 130 cm³/mol. The second kappa shape index (κ2) is 10.4. The summed E-state index contributed by atoms with van der Waals surface area (Å²) < 4.78 is 1.05. The smallest absolute Gasteiger partial charge is 0.288 e. The highest BCUT2D eigenvalue weighted by atomic mass is 35.5. The molecule has 10 heteroatoms. The number of nitro groups is 1. The van der Waals surface area contributed by atoms with Gasteiger partial charge >= 0.3 is 0 Å². The van der Waals surface area contributed by atoms with Gasteiger partial charge in [-0.15, -0.1) is 0 Å². The van der Waals surface area contributed by atoms with Crippen molar-refractivity contribution >= 4 is 73.3 Å². The van der Waals surface area contributed by atoms with E-state index in [1.54, 1.807) is 6.07 Å². The Bertz CT molecular complexity index is 1180. The molecule has 0 saturated heterocycles. The lowest BCUT2D eigenvalue weighted by Crippen LogP contribution is -2.32. The summed E-state index contributed by atoms with van der Waals surface area (Å²) in [4.78, 5) is 27.0. The fourth-order valence-electron chi connectivity index (χ4n) is 2.79. The van der Waals surface area contributed by atoms with Crippen LogP contribution in [0.3, 0.4) is 0 Å². The zero-order chi connectivity index (χ0) is 22.4. The average Bonchev–Trinajstić information content (AvgIpc) is 3.12. The number of amides is 1. The number of nitrogens with one attached hydrogen (secondary N) is 2. The van der Waals surface area contributed by atoms with Crippen LogP contribution in [-0.4, -0.2) is 20.9 Å². The number of thiocarbonyl (C=S) groups is 1. The van der Waals surface area contributed by atoms with Crippen molar-refractivity contribution in [2.75, 3.05) is 5.32 Å². The molecule has 31 heavy (non-hydrogen) atoms.